The van der Waals surface area contributed by atoms with Gasteiger partial charge in [-0.25, -0.2) is 0 Å². The summed E-state index contributed by atoms with van der Waals surface area (Å²) >= 11 is 4.85. The minimum atomic E-state index is -2.85. The largest absolute Gasteiger partial charge is 0.435 e. The van der Waals surface area contributed by atoms with Gasteiger partial charge in [0.25, 0.3) is 5.22 Å². The Labute approximate surface area is 149 Å². The quantitative estimate of drug-likeness (QED) is 0.507. The Morgan fingerprint density at radius 2 is 1.92 bits per heavy atom. The third-order valence-electron chi connectivity index (χ3n) is 2.98. The van der Waals surface area contributed by atoms with Gasteiger partial charge in [0.15, 0.2) is 0 Å². The fourth-order valence-corrected chi connectivity index (χ4v) is 3.09. The van der Waals surface area contributed by atoms with Gasteiger partial charge in [-0.3, -0.25) is 0 Å². The predicted molar refractivity (Wildman–Crippen MR) is 90.1 cm³/mol. The molecule has 0 unspecified atom stereocenters. The van der Waals surface area contributed by atoms with Gasteiger partial charge in [-0.15, -0.1) is 10.2 Å². The molecule has 0 saturated heterocycles. The highest BCUT2D eigenvalue weighted by molar-refractivity contribution is 9.10. The number of thioether (sulfide) groups is 1. The van der Waals surface area contributed by atoms with Crippen molar-refractivity contribution in [1.29, 1.82) is 0 Å². The average Bonchev–Trinajstić information content (AvgIpc) is 3.02. The maximum atomic E-state index is 12.1. The van der Waals surface area contributed by atoms with Crippen molar-refractivity contribution in [3.8, 4) is 17.2 Å². The van der Waals surface area contributed by atoms with Crippen LogP contribution in [0.25, 0.3) is 11.5 Å². The Morgan fingerprint density at radius 3 is 2.62 bits per heavy atom. The molecule has 0 fully saturated rings. The van der Waals surface area contributed by atoms with E-state index < -0.39 is 6.61 Å². The van der Waals surface area contributed by atoms with Crippen molar-refractivity contribution in [3.05, 3.63) is 58.6 Å². The normalized spacial score (nSPS) is 11.0. The van der Waals surface area contributed by atoms with Gasteiger partial charge in [0.2, 0.25) is 5.89 Å². The number of halogens is 3. The lowest BCUT2D eigenvalue weighted by molar-refractivity contribution is -0.0498. The number of benzene rings is 2. The third-order valence-corrected chi connectivity index (χ3v) is 4.37. The van der Waals surface area contributed by atoms with Gasteiger partial charge in [0.1, 0.15) is 5.75 Å². The highest BCUT2D eigenvalue weighted by atomic mass is 79.9. The minimum Gasteiger partial charge on any atom is -0.435 e. The molecule has 2 aromatic carbocycles. The summed E-state index contributed by atoms with van der Waals surface area (Å²) in [5, 5.41) is 8.40. The van der Waals surface area contributed by atoms with Gasteiger partial charge in [-0.2, -0.15) is 8.78 Å². The second-order valence-electron chi connectivity index (χ2n) is 4.69. The number of hydrogen-bond donors (Lipinski definition) is 0. The molecule has 0 amide bonds. The summed E-state index contributed by atoms with van der Waals surface area (Å²) in [4.78, 5) is 0. The summed E-state index contributed by atoms with van der Waals surface area (Å²) in [6, 6.07) is 14.0. The SMILES string of the molecule is FC(F)Oc1ccc(-c2nnc(SCc3cccc(Br)c3)o2)cc1. The monoisotopic (exact) mass is 412 g/mol. The molecule has 0 saturated carbocycles. The van der Waals surface area contributed by atoms with E-state index in [1.165, 1.54) is 23.9 Å². The van der Waals surface area contributed by atoms with Gasteiger partial charge >= 0.3 is 6.61 Å². The number of aromatic nitrogens is 2. The molecule has 0 radical (unpaired) electrons. The van der Waals surface area contributed by atoms with E-state index in [-0.39, 0.29) is 5.75 Å². The van der Waals surface area contributed by atoms with E-state index in [2.05, 4.69) is 30.9 Å². The van der Waals surface area contributed by atoms with Crippen LogP contribution in [0.4, 0.5) is 8.78 Å². The summed E-state index contributed by atoms with van der Waals surface area (Å²) < 4.78 is 35.2. The van der Waals surface area contributed by atoms with Gasteiger partial charge in [0, 0.05) is 15.8 Å². The Bertz CT molecular complexity index is 812. The van der Waals surface area contributed by atoms with Gasteiger partial charge in [0.05, 0.1) is 0 Å². The van der Waals surface area contributed by atoms with Crippen molar-refractivity contribution >= 4 is 27.7 Å². The fourth-order valence-electron chi connectivity index (χ4n) is 1.94. The van der Waals surface area contributed by atoms with E-state index in [9.17, 15) is 8.78 Å². The standard InChI is InChI=1S/C16H11BrF2N2O2S/c17-12-3-1-2-10(8-12)9-24-16-21-20-14(23-16)11-4-6-13(7-5-11)22-15(18)19/h1-8,15H,9H2. The molecule has 0 bridgehead atoms. The van der Waals surface area contributed by atoms with Crippen LogP contribution >= 0.6 is 27.7 Å². The highest BCUT2D eigenvalue weighted by Gasteiger charge is 2.10. The molecule has 8 heteroatoms. The first-order chi connectivity index (χ1) is 11.6. The van der Waals surface area contributed by atoms with Crippen molar-refractivity contribution < 1.29 is 17.9 Å². The predicted octanol–water partition coefficient (Wildman–Crippen LogP) is 5.39. The first kappa shape index (κ1) is 16.9. The van der Waals surface area contributed by atoms with Gasteiger partial charge in [-0.05, 0) is 42.0 Å². The molecular formula is C16H11BrF2N2O2S. The zero-order valence-electron chi connectivity index (χ0n) is 12.2. The van der Waals surface area contributed by atoms with Crippen molar-refractivity contribution in [3.63, 3.8) is 0 Å². The van der Waals surface area contributed by atoms with Crippen LogP contribution in [-0.4, -0.2) is 16.8 Å². The van der Waals surface area contributed by atoms with Crippen LogP contribution in [-0.2, 0) is 5.75 Å². The lowest BCUT2D eigenvalue weighted by Gasteiger charge is -2.03. The van der Waals surface area contributed by atoms with E-state index in [0.29, 0.717) is 22.4 Å². The van der Waals surface area contributed by atoms with Crippen molar-refractivity contribution in [2.45, 2.75) is 17.6 Å². The first-order valence-corrected chi connectivity index (χ1v) is 8.64. The molecule has 0 N–H and O–H groups in total. The molecule has 3 rings (SSSR count). The van der Waals surface area contributed by atoms with Crippen LogP contribution in [0.15, 0.2) is 62.6 Å². The summed E-state index contributed by atoms with van der Waals surface area (Å²) in [6.45, 7) is -2.85. The van der Waals surface area contributed by atoms with Crippen LogP contribution in [0.3, 0.4) is 0 Å². The molecule has 1 aromatic heterocycles. The molecule has 124 valence electrons. The molecular weight excluding hydrogens is 402 g/mol. The van der Waals surface area contributed by atoms with Crippen molar-refractivity contribution in [1.82, 2.24) is 10.2 Å². The summed E-state index contributed by atoms with van der Waals surface area (Å²) in [5.41, 5.74) is 1.76. The lowest BCUT2D eigenvalue weighted by atomic mass is 10.2. The average molecular weight is 413 g/mol. The first-order valence-electron chi connectivity index (χ1n) is 6.86. The lowest BCUT2D eigenvalue weighted by Crippen LogP contribution is -2.01. The van der Waals surface area contributed by atoms with Crippen LogP contribution < -0.4 is 4.74 Å². The fraction of sp³-hybridized carbons (Fsp3) is 0.125. The molecule has 3 aromatic rings. The number of hydrogen-bond acceptors (Lipinski definition) is 5. The van der Waals surface area contributed by atoms with E-state index in [4.69, 9.17) is 4.42 Å². The zero-order chi connectivity index (χ0) is 16.9. The second kappa shape index (κ2) is 7.76. The Kier molecular flexibility index (Phi) is 5.47. The zero-order valence-corrected chi connectivity index (χ0v) is 14.6. The van der Waals surface area contributed by atoms with E-state index in [1.54, 1.807) is 12.1 Å². The Hall–Kier alpha value is -1.93. The molecule has 0 aliphatic rings. The molecule has 24 heavy (non-hydrogen) atoms. The molecule has 0 spiro atoms. The summed E-state index contributed by atoms with van der Waals surface area (Å²) in [5.74, 6) is 1.11. The van der Waals surface area contributed by atoms with Crippen LogP contribution in [0.2, 0.25) is 0 Å². The minimum absolute atomic E-state index is 0.0810. The smallest absolute Gasteiger partial charge is 0.387 e. The maximum Gasteiger partial charge on any atom is 0.387 e. The van der Waals surface area contributed by atoms with Crippen LogP contribution in [0.5, 0.6) is 5.75 Å². The van der Waals surface area contributed by atoms with Crippen LogP contribution in [0, 0.1) is 0 Å². The van der Waals surface area contributed by atoms with E-state index in [1.807, 2.05) is 24.3 Å². The van der Waals surface area contributed by atoms with Crippen LogP contribution in [0.1, 0.15) is 5.56 Å². The number of nitrogens with zero attached hydrogens (tertiary/aromatic N) is 2. The maximum absolute atomic E-state index is 12.1. The highest BCUT2D eigenvalue weighted by Crippen LogP contribution is 2.27. The molecule has 1 heterocycles. The number of ether oxygens (including phenoxy) is 1. The van der Waals surface area contributed by atoms with Gasteiger partial charge in [-0.1, -0.05) is 39.8 Å². The van der Waals surface area contributed by atoms with E-state index >= 15 is 0 Å². The third kappa shape index (κ3) is 4.55. The number of alkyl halides is 2. The van der Waals surface area contributed by atoms with Gasteiger partial charge < -0.3 is 9.15 Å². The summed E-state index contributed by atoms with van der Waals surface area (Å²) in [7, 11) is 0. The molecule has 0 atom stereocenters. The Balaban J connectivity index is 1.64. The second-order valence-corrected chi connectivity index (χ2v) is 6.54. The van der Waals surface area contributed by atoms with Crippen molar-refractivity contribution in [2.75, 3.05) is 0 Å². The Morgan fingerprint density at radius 1 is 1.12 bits per heavy atom. The van der Waals surface area contributed by atoms with Crippen molar-refractivity contribution in [2.24, 2.45) is 0 Å². The topological polar surface area (TPSA) is 48.2 Å². The molecule has 0 aliphatic heterocycles. The van der Waals surface area contributed by atoms with E-state index in [0.717, 1.165) is 10.0 Å². The molecule has 4 nitrogen and oxygen atoms in total. The summed E-state index contributed by atoms with van der Waals surface area (Å²) in [6.07, 6.45) is 0. The molecule has 0 aliphatic carbocycles. The number of rotatable bonds is 6.